The molecule has 1 aliphatic heterocycles. The highest BCUT2D eigenvalue weighted by Gasteiger charge is 2.17. The SMILES string of the molecule is CCCNCC(C)(C)COCCN1CCCCC1. The Hall–Kier alpha value is -0.120. The number of nitrogens with one attached hydrogen (secondary N) is 1. The third kappa shape index (κ3) is 7.34. The summed E-state index contributed by atoms with van der Waals surface area (Å²) in [6.07, 6.45) is 5.35. The molecule has 1 fully saturated rings. The van der Waals surface area contributed by atoms with Crippen LogP contribution in [-0.4, -0.2) is 50.8 Å². The molecule has 0 aromatic rings. The number of nitrogens with zero attached hydrogens (tertiary/aromatic N) is 1. The maximum Gasteiger partial charge on any atom is 0.0593 e. The van der Waals surface area contributed by atoms with Gasteiger partial charge in [0.1, 0.15) is 0 Å². The Balaban J connectivity index is 2.01. The van der Waals surface area contributed by atoms with Gasteiger partial charge in [-0.15, -0.1) is 0 Å². The van der Waals surface area contributed by atoms with Gasteiger partial charge in [0.15, 0.2) is 0 Å². The molecule has 108 valence electrons. The molecule has 0 aliphatic carbocycles. The van der Waals surface area contributed by atoms with E-state index < -0.39 is 0 Å². The Morgan fingerprint density at radius 2 is 1.89 bits per heavy atom. The van der Waals surface area contributed by atoms with E-state index in [4.69, 9.17) is 4.74 Å². The maximum absolute atomic E-state index is 5.85. The van der Waals surface area contributed by atoms with Crippen LogP contribution in [0.3, 0.4) is 0 Å². The molecule has 1 aliphatic rings. The molecule has 0 aromatic heterocycles. The summed E-state index contributed by atoms with van der Waals surface area (Å²) < 4.78 is 5.85. The van der Waals surface area contributed by atoms with Gasteiger partial charge in [0.05, 0.1) is 13.2 Å². The molecule has 1 heterocycles. The van der Waals surface area contributed by atoms with Gasteiger partial charge < -0.3 is 15.0 Å². The summed E-state index contributed by atoms with van der Waals surface area (Å²) in [5, 5.41) is 3.48. The van der Waals surface area contributed by atoms with Crippen molar-refractivity contribution in [2.45, 2.75) is 46.5 Å². The third-order valence-electron chi connectivity index (χ3n) is 3.52. The molecule has 0 saturated carbocycles. The van der Waals surface area contributed by atoms with Crippen molar-refractivity contribution in [3.8, 4) is 0 Å². The second-order valence-electron chi connectivity index (χ2n) is 6.30. The molecule has 0 aromatic carbocycles. The molecule has 1 saturated heterocycles. The first kappa shape index (κ1) is 15.9. The van der Waals surface area contributed by atoms with E-state index in [2.05, 4.69) is 31.0 Å². The first-order valence-corrected chi connectivity index (χ1v) is 7.65. The summed E-state index contributed by atoms with van der Waals surface area (Å²) in [7, 11) is 0. The van der Waals surface area contributed by atoms with Crippen LogP contribution in [0.5, 0.6) is 0 Å². The summed E-state index contributed by atoms with van der Waals surface area (Å²) >= 11 is 0. The van der Waals surface area contributed by atoms with E-state index in [1.165, 1.54) is 38.8 Å². The fourth-order valence-corrected chi connectivity index (χ4v) is 2.38. The molecule has 0 atom stereocenters. The van der Waals surface area contributed by atoms with Crippen LogP contribution in [-0.2, 0) is 4.74 Å². The van der Waals surface area contributed by atoms with Gasteiger partial charge in [0, 0.05) is 18.5 Å². The number of rotatable bonds is 9. The van der Waals surface area contributed by atoms with Crippen LogP contribution in [0.25, 0.3) is 0 Å². The molecular formula is C15H32N2O. The van der Waals surface area contributed by atoms with Gasteiger partial charge in [-0.1, -0.05) is 27.2 Å². The molecule has 0 unspecified atom stereocenters. The topological polar surface area (TPSA) is 24.5 Å². The van der Waals surface area contributed by atoms with Gasteiger partial charge in [0.2, 0.25) is 0 Å². The van der Waals surface area contributed by atoms with E-state index >= 15 is 0 Å². The molecule has 0 radical (unpaired) electrons. The number of ether oxygens (including phenoxy) is 1. The monoisotopic (exact) mass is 256 g/mol. The highest BCUT2D eigenvalue weighted by Crippen LogP contribution is 2.14. The Bertz CT molecular complexity index is 201. The van der Waals surface area contributed by atoms with E-state index in [1.54, 1.807) is 0 Å². The average Bonchev–Trinajstić information content (AvgIpc) is 2.36. The molecule has 3 heteroatoms. The van der Waals surface area contributed by atoms with Gasteiger partial charge in [0.25, 0.3) is 0 Å². The van der Waals surface area contributed by atoms with Crippen molar-refractivity contribution in [2.24, 2.45) is 5.41 Å². The van der Waals surface area contributed by atoms with E-state index in [-0.39, 0.29) is 5.41 Å². The Morgan fingerprint density at radius 3 is 2.56 bits per heavy atom. The number of hydrogen-bond donors (Lipinski definition) is 1. The molecular weight excluding hydrogens is 224 g/mol. The lowest BCUT2D eigenvalue weighted by Gasteiger charge is -2.28. The maximum atomic E-state index is 5.85. The van der Waals surface area contributed by atoms with Crippen molar-refractivity contribution in [2.75, 3.05) is 45.9 Å². The van der Waals surface area contributed by atoms with Crippen LogP contribution in [0.15, 0.2) is 0 Å². The van der Waals surface area contributed by atoms with Gasteiger partial charge >= 0.3 is 0 Å². The van der Waals surface area contributed by atoms with Crippen molar-refractivity contribution >= 4 is 0 Å². The third-order valence-corrected chi connectivity index (χ3v) is 3.52. The summed E-state index contributed by atoms with van der Waals surface area (Å²) in [4.78, 5) is 2.53. The molecule has 1 N–H and O–H groups in total. The zero-order valence-corrected chi connectivity index (χ0v) is 12.6. The average molecular weight is 256 g/mol. The minimum Gasteiger partial charge on any atom is -0.380 e. The van der Waals surface area contributed by atoms with E-state index in [1.807, 2.05) is 0 Å². The van der Waals surface area contributed by atoms with Gasteiger partial charge in [-0.2, -0.15) is 0 Å². The Morgan fingerprint density at radius 1 is 1.17 bits per heavy atom. The highest BCUT2D eigenvalue weighted by atomic mass is 16.5. The number of hydrogen-bond acceptors (Lipinski definition) is 3. The standard InChI is InChI=1S/C15H32N2O/c1-4-8-16-13-15(2,3)14-18-12-11-17-9-6-5-7-10-17/h16H,4-14H2,1-3H3. The first-order chi connectivity index (χ1) is 8.64. The Kier molecular flexibility index (Phi) is 7.87. The lowest BCUT2D eigenvalue weighted by atomic mass is 9.95. The quantitative estimate of drug-likeness (QED) is 0.642. The smallest absolute Gasteiger partial charge is 0.0593 e. The summed E-state index contributed by atoms with van der Waals surface area (Å²) in [5.74, 6) is 0. The normalized spacial score (nSPS) is 18.2. The summed E-state index contributed by atoms with van der Waals surface area (Å²) in [6.45, 7) is 14.3. The fourth-order valence-electron chi connectivity index (χ4n) is 2.38. The summed E-state index contributed by atoms with van der Waals surface area (Å²) in [5.41, 5.74) is 0.247. The van der Waals surface area contributed by atoms with Crippen LogP contribution >= 0.6 is 0 Å². The lowest BCUT2D eigenvalue weighted by Crippen LogP contribution is -2.36. The van der Waals surface area contributed by atoms with Gasteiger partial charge in [-0.25, -0.2) is 0 Å². The molecule has 1 rings (SSSR count). The highest BCUT2D eigenvalue weighted by molar-refractivity contribution is 4.71. The van der Waals surface area contributed by atoms with Crippen molar-refractivity contribution in [3.63, 3.8) is 0 Å². The van der Waals surface area contributed by atoms with Crippen LogP contribution in [0.4, 0.5) is 0 Å². The van der Waals surface area contributed by atoms with Crippen molar-refractivity contribution in [1.82, 2.24) is 10.2 Å². The zero-order chi connectivity index (χ0) is 13.3. The predicted molar refractivity (Wildman–Crippen MR) is 78.1 cm³/mol. The van der Waals surface area contributed by atoms with Crippen LogP contribution in [0.2, 0.25) is 0 Å². The first-order valence-electron chi connectivity index (χ1n) is 7.65. The van der Waals surface area contributed by atoms with E-state index in [0.717, 1.165) is 32.8 Å². The van der Waals surface area contributed by atoms with Crippen molar-refractivity contribution in [3.05, 3.63) is 0 Å². The van der Waals surface area contributed by atoms with Crippen LogP contribution in [0, 0.1) is 5.41 Å². The molecule has 0 amide bonds. The van der Waals surface area contributed by atoms with E-state index in [9.17, 15) is 0 Å². The van der Waals surface area contributed by atoms with Gasteiger partial charge in [-0.3, -0.25) is 0 Å². The second-order valence-corrected chi connectivity index (χ2v) is 6.30. The minimum atomic E-state index is 0.247. The van der Waals surface area contributed by atoms with Gasteiger partial charge in [-0.05, 0) is 38.9 Å². The minimum absolute atomic E-state index is 0.247. The molecule has 0 spiro atoms. The largest absolute Gasteiger partial charge is 0.380 e. The second kappa shape index (κ2) is 8.89. The lowest BCUT2D eigenvalue weighted by molar-refractivity contribution is 0.0444. The molecule has 0 bridgehead atoms. The van der Waals surface area contributed by atoms with Crippen LogP contribution in [0.1, 0.15) is 46.5 Å². The number of likely N-dealkylation sites (tertiary alicyclic amines) is 1. The van der Waals surface area contributed by atoms with E-state index in [0.29, 0.717) is 0 Å². The van der Waals surface area contributed by atoms with Crippen LogP contribution < -0.4 is 5.32 Å². The Labute approximate surface area is 113 Å². The zero-order valence-electron chi connectivity index (χ0n) is 12.6. The van der Waals surface area contributed by atoms with Crippen molar-refractivity contribution in [1.29, 1.82) is 0 Å². The molecule has 18 heavy (non-hydrogen) atoms. The summed E-state index contributed by atoms with van der Waals surface area (Å²) in [6, 6.07) is 0. The predicted octanol–water partition coefficient (Wildman–Crippen LogP) is 2.51. The fraction of sp³-hybridized carbons (Fsp3) is 1.00. The molecule has 3 nitrogen and oxygen atoms in total. The number of piperidine rings is 1. The van der Waals surface area contributed by atoms with Crippen molar-refractivity contribution < 1.29 is 4.74 Å².